The van der Waals surface area contributed by atoms with Gasteiger partial charge in [0.2, 0.25) is 0 Å². The number of hydrogen-bond donors (Lipinski definition) is 2. The minimum Gasteiger partial charge on any atom is -0.404 e. The third-order valence-electron chi connectivity index (χ3n) is 10.4. The highest BCUT2D eigenvalue weighted by Gasteiger charge is 2.57. The molecular weight excluding hydrogens is 485 g/mol. The van der Waals surface area contributed by atoms with Crippen LogP contribution >= 0.6 is 0 Å². The third kappa shape index (κ3) is 5.35. The van der Waals surface area contributed by atoms with E-state index in [1.54, 1.807) is 7.11 Å². The van der Waals surface area contributed by atoms with Crippen molar-refractivity contribution in [3.05, 3.63) is 24.0 Å². The van der Waals surface area contributed by atoms with Crippen molar-refractivity contribution in [2.24, 2.45) is 40.9 Å². The monoisotopic (exact) mass is 524 g/mol. The average molecular weight is 525 g/mol. The molecule has 0 spiro atoms. The number of alkyl halides is 3. The number of methoxy groups -OCH3 is 1. The number of pyridine rings is 1. The van der Waals surface area contributed by atoms with Crippen LogP contribution in [0.5, 0.6) is 5.75 Å². The highest BCUT2D eigenvalue weighted by atomic mass is 19.4. The van der Waals surface area contributed by atoms with Crippen LogP contribution in [0.25, 0.3) is 0 Å². The number of carbonyl (C=O) groups excluding carboxylic acids is 1. The van der Waals surface area contributed by atoms with Gasteiger partial charge < -0.3 is 19.9 Å². The second kappa shape index (κ2) is 10.0. The predicted molar refractivity (Wildman–Crippen MR) is 131 cm³/mol. The Kier molecular flexibility index (Phi) is 7.24. The number of amides is 1. The van der Waals surface area contributed by atoms with Gasteiger partial charge in [0, 0.05) is 13.7 Å². The first kappa shape index (κ1) is 26.7. The Labute approximate surface area is 216 Å². The van der Waals surface area contributed by atoms with Crippen molar-refractivity contribution in [2.45, 2.75) is 76.7 Å². The van der Waals surface area contributed by atoms with Crippen molar-refractivity contribution in [1.82, 2.24) is 10.3 Å². The van der Waals surface area contributed by atoms with E-state index in [-0.39, 0.29) is 17.0 Å². The predicted octanol–water partition coefficient (Wildman–Crippen LogP) is 5.36. The fourth-order valence-corrected chi connectivity index (χ4v) is 8.82. The summed E-state index contributed by atoms with van der Waals surface area (Å²) in [5, 5.41) is 14.0. The molecule has 1 heterocycles. The molecule has 2 N–H and O–H groups in total. The lowest BCUT2D eigenvalue weighted by molar-refractivity contribution is -0.274. The molecule has 6 nitrogen and oxygen atoms in total. The van der Waals surface area contributed by atoms with Crippen LogP contribution < -0.4 is 10.1 Å². The van der Waals surface area contributed by atoms with Crippen LogP contribution in [0, 0.1) is 40.9 Å². The van der Waals surface area contributed by atoms with Crippen LogP contribution in [0.3, 0.4) is 0 Å². The van der Waals surface area contributed by atoms with E-state index < -0.39 is 17.7 Å². The van der Waals surface area contributed by atoms with Crippen molar-refractivity contribution in [3.8, 4) is 5.75 Å². The van der Waals surface area contributed by atoms with Gasteiger partial charge in [0.15, 0.2) is 0 Å². The lowest BCUT2D eigenvalue weighted by Crippen LogP contribution is -2.52. The Hall–Kier alpha value is -1.87. The van der Waals surface area contributed by atoms with Crippen LogP contribution in [0.2, 0.25) is 0 Å². The molecule has 0 aliphatic heterocycles. The van der Waals surface area contributed by atoms with E-state index in [0.717, 1.165) is 56.2 Å². The van der Waals surface area contributed by atoms with Crippen molar-refractivity contribution >= 4 is 5.91 Å². The molecule has 1 aromatic heterocycles. The van der Waals surface area contributed by atoms with Gasteiger partial charge in [0.1, 0.15) is 11.4 Å². The molecule has 4 fully saturated rings. The SMILES string of the molecule is COC[C@@]1(O)CC[C@H]2[C@H](CC[C@@H]3[C@@H]2CC[C@]2(C)[C@@H](CNC(=O)c4ccc(OC(F)(F)F)cn4)CC[C@@H]32)C1. The zero-order chi connectivity index (χ0) is 26.4. The number of hydrogen-bond acceptors (Lipinski definition) is 5. The van der Waals surface area contributed by atoms with E-state index in [4.69, 9.17) is 4.74 Å². The maximum absolute atomic E-state index is 12.7. The number of rotatable bonds is 6. The van der Waals surface area contributed by atoms with Gasteiger partial charge in [-0.25, -0.2) is 4.98 Å². The molecule has 9 heteroatoms. The number of ether oxygens (including phenoxy) is 2. The summed E-state index contributed by atoms with van der Waals surface area (Å²) in [5.74, 6) is 2.98. The fraction of sp³-hybridized carbons (Fsp3) is 0.786. The molecule has 4 saturated carbocycles. The molecule has 8 atom stereocenters. The van der Waals surface area contributed by atoms with Gasteiger partial charge in [0.25, 0.3) is 5.91 Å². The van der Waals surface area contributed by atoms with Crippen molar-refractivity contribution in [1.29, 1.82) is 0 Å². The van der Waals surface area contributed by atoms with Gasteiger partial charge in [-0.05, 0) is 111 Å². The van der Waals surface area contributed by atoms with Crippen molar-refractivity contribution < 1.29 is 32.5 Å². The van der Waals surface area contributed by atoms with E-state index in [1.807, 2.05) is 0 Å². The molecule has 206 valence electrons. The van der Waals surface area contributed by atoms with Crippen LogP contribution in [-0.2, 0) is 4.74 Å². The first-order valence-electron chi connectivity index (χ1n) is 13.7. The van der Waals surface area contributed by atoms with Crippen LogP contribution in [0.1, 0.15) is 75.2 Å². The molecule has 37 heavy (non-hydrogen) atoms. The first-order valence-corrected chi connectivity index (χ1v) is 13.7. The molecule has 0 unspecified atom stereocenters. The van der Waals surface area contributed by atoms with E-state index in [2.05, 4.69) is 22.0 Å². The fourth-order valence-electron chi connectivity index (χ4n) is 8.82. The largest absolute Gasteiger partial charge is 0.573 e. The normalized spacial score (nSPS) is 39.3. The summed E-state index contributed by atoms with van der Waals surface area (Å²) in [6.07, 6.45) is 5.98. The van der Waals surface area contributed by atoms with E-state index >= 15 is 0 Å². The highest BCUT2D eigenvalue weighted by Crippen LogP contribution is 2.64. The van der Waals surface area contributed by atoms with Gasteiger partial charge in [-0.2, -0.15) is 0 Å². The van der Waals surface area contributed by atoms with Gasteiger partial charge >= 0.3 is 6.36 Å². The lowest BCUT2D eigenvalue weighted by Gasteiger charge is -2.57. The maximum atomic E-state index is 12.7. The second-order valence-electron chi connectivity index (χ2n) is 12.3. The van der Waals surface area contributed by atoms with Crippen LogP contribution in [-0.4, -0.2) is 48.2 Å². The summed E-state index contributed by atoms with van der Waals surface area (Å²) in [6, 6.07) is 2.37. The number of carbonyl (C=O) groups is 1. The standard InChI is InChI=1S/C28H39F3N2O4/c1-26-11-9-21-20-10-12-27(35,16-36-2)13-17(20)3-6-22(21)23(26)7-4-18(26)14-33-25(34)24-8-5-19(15-32-24)37-28(29,30)31/h5,8,15,17-18,20-23,35H,3-4,6-7,9-14,16H2,1-2H3,(H,33,34)/t17-,18-,20+,21-,22-,23+,26-,27-/m1/s1. The second-order valence-corrected chi connectivity index (χ2v) is 12.3. The molecule has 0 radical (unpaired) electrons. The summed E-state index contributed by atoms with van der Waals surface area (Å²) in [7, 11) is 1.67. The summed E-state index contributed by atoms with van der Waals surface area (Å²) in [4.78, 5) is 16.5. The van der Waals surface area contributed by atoms with Crippen LogP contribution in [0.15, 0.2) is 18.3 Å². The summed E-state index contributed by atoms with van der Waals surface area (Å²) in [6.45, 7) is 3.39. The number of halogens is 3. The Bertz CT molecular complexity index is 973. The quantitative estimate of drug-likeness (QED) is 0.524. The highest BCUT2D eigenvalue weighted by molar-refractivity contribution is 5.92. The Morgan fingerprint density at radius 2 is 1.89 bits per heavy atom. The van der Waals surface area contributed by atoms with E-state index in [0.29, 0.717) is 36.8 Å². The number of nitrogens with one attached hydrogen (secondary N) is 1. The number of nitrogens with zero attached hydrogens (tertiary/aromatic N) is 1. The molecule has 1 amide bonds. The third-order valence-corrected chi connectivity index (χ3v) is 10.4. The molecule has 0 bridgehead atoms. The molecule has 0 aromatic carbocycles. The minimum absolute atomic E-state index is 0.0852. The maximum Gasteiger partial charge on any atom is 0.573 e. The smallest absolute Gasteiger partial charge is 0.404 e. The summed E-state index contributed by atoms with van der Waals surface area (Å²) >= 11 is 0. The number of aliphatic hydroxyl groups is 1. The summed E-state index contributed by atoms with van der Waals surface area (Å²) < 4.78 is 46.2. The molecule has 1 aromatic rings. The van der Waals surface area contributed by atoms with Crippen LogP contribution in [0.4, 0.5) is 13.2 Å². The zero-order valence-electron chi connectivity index (χ0n) is 21.7. The molecule has 5 rings (SSSR count). The van der Waals surface area contributed by atoms with E-state index in [9.17, 15) is 23.1 Å². The lowest BCUT2D eigenvalue weighted by atomic mass is 9.49. The van der Waals surface area contributed by atoms with Crippen molar-refractivity contribution in [3.63, 3.8) is 0 Å². The zero-order valence-corrected chi connectivity index (χ0v) is 21.7. The number of fused-ring (bicyclic) bond motifs is 5. The number of aromatic nitrogens is 1. The molecule has 4 aliphatic rings. The van der Waals surface area contributed by atoms with E-state index in [1.165, 1.54) is 31.7 Å². The molecule has 0 saturated heterocycles. The van der Waals surface area contributed by atoms with Gasteiger partial charge in [-0.1, -0.05) is 6.92 Å². The Balaban J connectivity index is 1.18. The minimum atomic E-state index is -4.79. The molecule has 4 aliphatic carbocycles. The van der Waals surface area contributed by atoms with Gasteiger partial charge in [-0.15, -0.1) is 13.2 Å². The average Bonchev–Trinajstić information content (AvgIpc) is 3.18. The topological polar surface area (TPSA) is 80.7 Å². The first-order chi connectivity index (χ1) is 17.5. The van der Waals surface area contributed by atoms with Gasteiger partial charge in [-0.3, -0.25) is 4.79 Å². The van der Waals surface area contributed by atoms with Gasteiger partial charge in [0.05, 0.1) is 18.4 Å². The Morgan fingerprint density at radius 1 is 1.11 bits per heavy atom. The molecular formula is C28H39F3N2O4. The Morgan fingerprint density at radius 3 is 2.59 bits per heavy atom. The van der Waals surface area contributed by atoms with Crippen molar-refractivity contribution in [2.75, 3.05) is 20.3 Å². The summed E-state index contributed by atoms with van der Waals surface area (Å²) in [5.41, 5.74) is -0.393.